The minimum atomic E-state index is -4.43. The molecule has 0 radical (unpaired) electrons. The van der Waals surface area contributed by atoms with Crippen molar-refractivity contribution in [3.8, 4) is 0 Å². The molecule has 0 aliphatic carbocycles. The highest BCUT2D eigenvalue weighted by molar-refractivity contribution is 5.79. The standard InChI is InChI=1S/C12H16F3N3O2/c1-7-4-9(17-20-7)5-11(19)18-6-8(16)2-3-10(18)12(13,14)15/h4,8,10H,2-3,5-6,16H2,1H3. The third kappa shape index (κ3) is 3.30. The first-order valence-electron chi connectivity index (χ1n) is 6.31. The molecule has 2 N–H and O–H groups in total. The second-order valence-electron chi connectivity index (χ2n) is 5.05. The zero-order valence-electron chi connectivity index (χ0n) is 11.0. The molecular weight excluding hydrogens is 275 g/mol. The van der Waals surface area contributed by atoms with Gasteiger partial charge in [-0.3, -0.25) is 4.79 Å². The van der Waals surface area contributed by atoms with Gasteiger partial charge in [-0.2, -0.15) is 13.2 Å². The number of piperidine rings is 1. The van der Waals surface area contributed by atoms with Gasteiger partial charge in [-0.05, 0) is 19.8 Å². The first kappa shape index (κ1) is 14.8. The van der Waals surface area contributed by atoms with E-state index in [2.05, 4.69) is 5.16 Å². The van der Waals surface area contributed by atoms with Crippen LogP contribution in [0.5, 0.6) is 0 Å². The molecule has 2 unspecified atom stereocenters. The molecule has 8 heteroatoms. The van der Waals surface area contributed by atoms with Crippen molar-refractivity contribution < 1.29 is 22.5 Å². The molecular formula is C12H16F3N3O2. The van der Waals surface area contributed by atoms with Gasteiger partial charge in [0.1, 0.15) is 11.8 Å². The van der Waals surface area contributed by atoms with Crippen molar-refractivity contribution in [2.24, 2.45) is 5.73 Å². The fraction of sp³-hybridized carbons (Fsp3) is 0.667. The summed E-state index contributed by atoms with van der Waals surface area (Å²) in [5.74, 6) is -0.119. The number of hydrogen-bond donors (Lipinski definition) is 1. The number of likely N-dealkylation sites (tertiary alicyclic amines) is 1. The van der Waals surface area contributed by atoms with Crippen LogP contribution in [0.2, 0.25) is 0 Å². The lowest BCUT2D eigenvalue weighted by Crippen LogP contribution is -2.57. The van der Waals surface area contributed by atoms with Crippen molar-refractivity contribution in [3.63, 3.8) is 0 Å². The first-order chi connectivity index (χ1) is 9.27. The number of hydrogen-bond acceptors (Lipinski definition) is 4. The Morgan fingerprint density at radius 1 is 1.55 bits per heavy atom. The summed E-state index contributed by atoms with van der Waals surface area (Å²) in [4.78, 5) is 12.9. The van der Waals surface area contributed by atoms with Crippen molar-refractivity contribution >= 4 is 5.91 Å². The van der Waals surface area contributed by atoms with Crippen LogP contribution in [0.3, 0.4) is 0 Å². The molecule has 0 saturated carbocycles. The largest absolute Gasteiger partial charge is 0.408 e. The molecule has 2 atom stereocenters. The van der Waals surface area contributed by atoms with Gasteiger partial charge in [-0.1, -0.05) is 5.16 Å². The number of halogens is 3. The molecule has 1 aromatic rings. The van der Waals surface area contributed by atoms with E-state index in [-0.39, 0.29) is 25.8 Å². The Labute approximate surface area is 113 Å². The Kier molecular flexibility index (Phi) is 4.03. The van der Waals surface area contributed by atoms with E-state index in [0.717, 1.165) is 4.90 Å². The summed E-state index contributed by atoms with van der Waals surface area (Å²) in [5.41, 5.74) is 6.00. The topological polar surface area (TPSA) is 72.4 Å². The fourth-order valence-corrected chi connectivity index (χ4v) is 2.37. The lowest BCUT2D eigenvalue weighted by atomic mass is 9.97. The second kappa shape index (κ2) is 5.43. The average Bonchev–Trinajstić information content (AvgIpc) is 2.73. The van der Waals surface area contributed by atoms with Gasteiger partial charge in [0.2, 0.25) is 5.91 Å². The Hall–Kier alpha value is -1.57. The molecule has 112 valence electrons. The molecule has 1 fully saturated rings. The van der Waals surface area contributed by atoms with Crippen LogP contribution in [0.4, 0.5) is 13.2 Å². The molecule has 0 bridgehead atoms. The van der Waals surface area contributed by atoms with Crippen LogP contribution in [-0.4, -0.2) is 40.8 Å². The van der Waals surface area contributed by atoms with E-state index in [4.69, 9.17) is 10.3 Å². The monoisotopic (exact) mass is 291 g/mol. The van der Waals surface area contributed by atoms with Gasteiger partial charge in [0.05, 0.1) is 12.1 Å². The SMILES string of the molecule is Cc1cc(CC(=O)N2CC(N)CCC2C(F)(F)F)no1. The van der Waals surface area contributed by atoms with Crippen molar-refractivity contribution in [3.05, 3.63) is 17.5 Å². The highest BCUT2D eigenvalue weighted by Gasteiger charge is 2.47. The summed E-state index contributed by atoms with van der Waals surface area (Å²) in [6, 6.07) is -0.649. The van der Waals surface area contributed by atoms with Crippen molar-refractivity contribution in [2.45, 2.75) is 44.4 Å². The number of alkyl halides is 3. The van der Waals surface area contributed by atoms with Crippen LogP contribution >= 0.6 is 0 Å². The minimum absolute atomic E-state index is 0.0835. The number of amides is 1. The molecule has 1 saturated heterocycles. The molecule has 2 rings (SSSR count). The van der Waals surface area contributed by atoms with E-state index in [0.29, 0.717) is 11.5 Å². The van der Waals surface area contributed by atoms with Crippen molar-refractivity contribution in [1.82, 2.24) is 10.1 Å². The van der Waals surface area contributed by atoms with Crippen LogP contribution in [0.1, 0.15) is 24.3 Å². The summed E-state index contributed by atoms with van der Waals surface area (Å²) < 4.78 is 43.7. The number of carbonyl (C=O) groups is 1. The Morgan fingerprint density at radius 3 is 2.80 bits per heavy atom. The van der Waals surface area contributed by atoms with E-state index in [1.165, 1.54) is 6.07 Å². The lowest BCUT2D eigenvalue weighted by molar-refractivity contribution is -0.196. The van der Waals surface area contributed by atoms with Gasteiger partial charge >= 0.3 is 6.18 Å². The summed E-state index contributed by atoms with van der Waals surface area (Å²) in [6.45, 7) is 1.57. The number of rotatable bonds is 2. The lowest BCUT2D eigenvalue weighted by Gasteiger charge is -2.39. The van der Waals surface area contributed by atoms with Gasteiger partial charge in [0.25, 0.3) is 0 Å². The molecule has 5 nitrogen and oxygen atoms in total. The van der Waals surface area contributed by atoms with Gasteiger partial charge in [0, 0.05) is 18.7 Å². The minimum Gasteiger partial charge on any atom is -0.361 e. The molecule has 2 heterocycles. The Morgan fingerprint density at radius 2 is 2.25 bits per heavy atom. The predicted octanol–water partition coefficient (Wildman–Crippen LogP) is 1.41. The van der Waals surface area contributed by atoms with Crippen LogP contribution in [-0.2, 0) is 11.2 Å². The third-order valence-electron chi connectivity index (χ3n) is 3.33. The van der Waals surface area contributed by atoms with Crippen LogP contribution in [0.15, 0.2) is 10.6 Å². The van der Waals surface area contributed by atoms with Gasteiger partial charge in [-0.15, -0.1) is 0 Å². The molecule has 1 aliphatic rings. The van der Waals surface area contributed by atoms with E-state index < -0.39 is 24.2 Å². The summed E-state index contributed by atoms with van der Waals surface area (Å²) in [7, 11) is 0. The highest BCUT2D eigenvalue weighted by atomic mass is 19.4. The van der Waals surface area contributed by atoms with E-state index >= 15 is 0 Å². The maximum absolute atomic E-state index is 13.0. The number of carbonyl (C=O) groups excluding carboxylic acids is 1. The molecule has 20 heavy (non-hydrogen) atoms. The summed E-state index contributed by atoms with van der Waals surface area (Å²) >= 11 is 0. The molecule has 0 aromatic carbocycles. The quantitative estimate of drug-likeness (QED) is 0.894. The molecule has 1 amide bonds. The number of nitrogens with zero attached hydrogens (tertiary/aromatic N) is 2. The van der Waals surface area contributed by atoms with Crippen molar-refractivity contribution in [2.75, 3.05) is 6.54 Å². The third-order valence-corrected chi connectivity index (χ3v) is 3.33. The second-order valence-corrected chi connectivity index (χ2v) is 5.05. The maximum Gasteiger partial charge on any atom is 0.408 e. The summed E-state index contributed by atoms with van der Waals surface area (Å²) in [5, 5.41) is 3.62. The van der Waals surface area contributed by atoms with Gasteiger partial charge < -0.3 is 15.2 Å². The Bertz CT molecular complexity index is 487. The highest BCUT2D eigenvalue weighted by Crippen LogP contribution is 2.32. The zero-order chi connectivity index (χ0) is 14.9. The number of aryl methyl sites for hydroxylation is 1. The maximum atomic E-state index is 13.0. The molecule has 0 spiro atoms. The van der Waals surface area contributed by atoms with E-state index in [1.54, 1.807) is 6.92 Å². The van der Waals surface area contributed by atoms with Crippen LogP contribution in [0, 0.1) is 6.92 Å². The summed E-state index contributed by atoms with van der Waals surface area (Å²) in [6.07, 6.45) is -4.54. The van der Waals surface area contributed by atoms with Crippen LogP contribution in [0.25, 0.3) is 0 Å². The average molecular weight is 291 g/mol. The molecule has 1 aliphatic heterocycles. The predicted molar refractivity (Wildman–Crippen MR) is 63.7 cm³/mol. The van der Waals surface area contributed by atoms with Crippen LogP contribution < -0.4 is 5.73 Å². The fourth-order valence-electron chi connectivity index (χ4n) is 2.37. The normalized spacial score (nSPS) is 23.9. The zero-order valence-corrected chi connectivity index (χ0v) is 11.0. The first-order valence-corrected chi connectivity index (χ1v) is 6.31. The van der Waals surface area contributed by atoms with E-state index in [1.807, 2.05) is 0 Å². The molecule has 1 aromatic heterocycles. The van der Waals surface area contributed by atoms with Gasteiger partial charge in [-0.25, -0.2) is 0 Å². The van der Waals surface area contributed by atoms with Crippen molar-refractivity contribution in [1.29, 1.82) is 0 Å². The number of nitrogens with two attached hydrogens (primary N) is 1. The van der Waals surface area contributed by atoms with E-state index in [9.17, 15) is 18.0 Å². The van der Waals surface area contributed by atoms with Gasteiger partial charge in [0.15, 0.2) is 0 Å². The number of aromatic nitrogens is 1. The smallest absolute Gasteiger partial charge is 0.361 e. The Balaban J connectivity index is 2.11.